The lowest BCUT2D eigenvalue weighted by Gasteiger charge is -2.19. The van der Waals surface area contributed by atoms with Crippen LogP contribution in [-0.4, -0.2) is 0 Å². The highest BCUT2D eigenvalue weighted by molar-refractivity contribution is 6.27. The lowest BCUT2D eigenvalue weighted by atomic mass is 9.84. The van der Waals surface area contributed by atoms with E-state index in [1.54, 1.807) is 0 Å². The number of fused-ring (bicyclic) bond motifs is 7. The Kier molecular flexibility index (Phi) is 4.67. The maximum Gasteiger partial charge on any atom is 0.136 e. The quantitative estimate of drug-likeness (QED) is 0.207. The molecule has 0 saturated carbocycles. The fourth-order valence-corrected chi connectivity index (χ4v) is 6.87. The third-order valence-corrected chi connectivity index (χ3v) is 8.62. The Hall–Kier alpha value is -5.40. The Balaban J connectivity index is 1.46. The molecule has 1 heteroatoms. The Labute approximate surface area is 236 Å². The van der Waals surface area contributed by atoms with Crippen molar-refractivity contribution in [2.45, 2.75) is 0 Å². The van der Waals surface area contributed by atoms with E-state index in [2.05, 4.69) is 146 Å². The molecule has 0 aliphatic rings. The molecular formula is C40H24O. The van der Waals surface area contributed by atoms with E-state index >= 15 is 0 Å². The average molecular weight is 521 g/mol. The van der Waals surface area contributed by atoms with Crippen LogP contribution in [0.1, 0.15) is 0 Å². The van der Waals surface area contributed by atoms with Crippen molar-refractivity contribution in [2.24, 2.45) is 0 Å². The molecule has 0 fully saturated rings. The summed E-state index contributed by atoms with van der Waals surface area (Å²) >= 11 is 0. The predicted octanol–water partition coefficient (Wildman–Crippen LogP) is 11.5. The molecular weight excluding hydrogens is 496 g/mol. The van der Waals surface area contributed by atoms with Gasteiger partial charge in [-0.3, -0.25) is 0 Å². The van der Waals surface area contributed by atoms with Crippen LogP contribution in [0, 0.1) is 0 Å². The predicted molar refractivity (Wildman–Crippen MR) is 175 cm³/mol. The molecule has 0 amide bonds. The van der Waals surface area contributed by atoms with Gasteiger partial charge in [0.2, 0.25) is 0 Å². The summed E-state index contributed by atoms with van der Waals surface area (Å²) in [5, 5.41) is 12.3. The van der Waals surface area contributed by atoms with Crippen LogP contribution in [0.4, 0.5) is 0 Å². The smallest absolute Gasteiger partial charge is 0.136 e. The molecule has 1 aromatic heterocycles. The average Bonchev–Trinajstić information content (AvgIpc) is 3.40. The standard InChI is InChI=1S/C40H24O/c1-2-13-27-24-37-35(23-26(27)12-1)40-34(21-10-22-36(40)41-37)39-32-18-7-5-16-30(32)38(31-17-6-8-19-33(31)39)29-20-9-14-25-11-3-4-15-28(25)29/h1-24H. The van der Waals surface area contributed by atoms with E-state index in [0.29, 0.717) is 0 Å². The van der Waals surface area contributed by atoms with Gasteiger partial charge in [0.25, 0.3) is 0 Å². The highest BCUT2D eigenvalue weighted by atomic mass is 16.3. The van der Waals surface area contributed by atoms with Gasteiger partial charge < -0.3 is 4.42 Å². The van der Waals surface area contributed by atoms with Gasteiger partial charge in [0, 0.05) is 10.8 Å². The van der Waals surface area contributed by atoms with Crippen LogP contribution in [0.15, 0.2) is 150 Å². The molecule has 0 aliphatic carbocycles. The molecule has 0 spiro atoms. The minimum Gasteiger partial charge on any atom is -0.456 e. The number of hydrogen-bond donors (Lipinski definition) is 0. The SMILES string of the molecule is c1ccc2cc3c(cc2c1)oc1cccc(-c2c4ccccc4c(-c4cccc5ccccc45)c4ccccc24)c13. The lowest BCUT2D eigenvalue weighted by molar-refractivity contribution is 0.669. The summed E-state index contributed by atoms with van der Waals surface area (Å²) in [5.41, 5.74) is 6.84. The van der Waals surface area contributed by atoms with Crippen molar-refractivity contribution in [3.05, 3.63) is 146 Å². The fourth-order valence-electron chi connectivity index (χ4n) is 6.87. The maximum absolute atomic E-state index is 6.49. The van der Waals surface area contributed by atoms with E-state index in [1.807, 2.05) is 0 Å². The topological polar surface area (TPSA) is 13.1 Å². The summed E-state index contributed by atoms with van der Waals surface area (Å²) in [6.07, 6.45) is 0. The van der Waals surface area contributed by atoms with Crippen molar-refractivity contribution in [3.63, 3.8) is 0 Å². The van der Waals surface area contributed by atoms with E-state index in [1.165, 1.54) is 70.7 Å². The van der Waals surface area contributed by atoms with Crippen LogP contribution in [0.2, 0.25) is 0 Å². The van der Waals surface area contributed by atoms with Crippen LogP contribution >= 0.6 is 0 Å². The van der Waals surface area contributed by atoms with E-state index in [0.717, 1.165) is 16.6 Å². The fraction of sp³-hybridized carbons (Fsp3) is 0. The molecule has 1 heterocycles. The molecule has 190 valence electrons. The minimum atomic E-state index is 0.916. The molecule has 1 nitrogen and oxygen atoms in total. The highest BCUT2D eigenvalue weighted by Gasteiger charge is 2.21. The number of rotatable bonds is 2. The second kappa shape index (κ2) is 8.55. The molecule has 0 unspecified atom stereocenters. The molecule has 0 N–H and O–H groups in total. The maximum atomic E-state index is 6.49. The Morgan fingerprint density at radius 1 is 0.317 bits per heavy atom. The molecule has 0 saturated heterocycles. The second-order valence-corrected chi connectivity index (χ2v) is 10.8. The number of benzene rings is 8. The van der Waals surface area contributed by atoms with Gasteiger partial charge >= 0.3 is 0 Å². The van der Waals surface area contributed by atoms with E-state index in [-0.39, 0.29) is 0 Å². The molecule has 41 heavy (non-hydrogen) atoms. The van der Waals surface area contributed by atoms with Gasteiger partial charge in [-0.15, -0.1) is 0 Å². The van der Waals surface area contributed by atoms with Gasteiger partial charge in [0.1, 0.15) is 11.2 Å². The van der Waals surface area contributed by atoms with Crippen molar-refractivity contribution in [3.8, 4) is 22.3 Å². The number of hydrogen-bond acceptors (Lipinski definition) is 1. The Bertz CT molecular complexity index is 2410. The highest BCUT2D eigenvalue weighted by Crippen LogP contribution is 2.48. The summed E-state index contributed by atoms with van der Waals surface area (Å²) < 4.78 is 6.49. The first-order valence-corrected chi connectivity index (χ1v) is 14.1. The molecule has 0 radical (unpaired) electrons. The molecule has 0 atom stereocenters. The zero-order chi connectivity index (χ0) is 26.9. The summed E-state index contributed by atoms with van der Waals surface area (Å²) in [6, 6.07) is 52.6. The lowest BCUT2D eigenvalue weighted by Crippen LogP contribution is -1.92. The Morgan fingerprint density at radius 2 is 0.805 bits per heavy atom. The summed E-state index contributed by atoms with van der Waals surface area (Å²) in [7, 11) is 0. The third-order valence-electron chi connectivity index (χ3n) is 8.62. The van der Waals surface area contributed by atoms with Gasteiger partial charge in [0.15, 0.2) is 0 Å². The van der Waals surface area contributed by atoms with Crippen molar-refractivity contribution >= 4 is 65.0 Å². The van der Waals surface area contributed by atoms with Gasteiger partial charge in [-0.2, -0.15) is 0 Å². The molecule has 0 aliphatic heterocycles. The monoisotopic (exact) mass is 520 g/mol. The molecule has 8 aromatic carbocycles. The molecule has 9 aromatic rings. The summed E-state index contributed by atoms with van der Waals surface area (Å²) in [6.45, 7) is 0. The van der Waals surface area contributed by atoms with E-state index < -0.39 is 0 Å². The first kappa shape index (κ1) is 22.4. The van der Waals surface area contributed by atoms with Gasteiger partial charge in [0.05, 0.1) is 0 Å². The molecule has 0 bridgehead atoms. The van der Waals surface area contributed by atoms with Crippen LogP contribution < -0.4 is 0 Å². The first-order chi connectivity index (χ1) is 20.3. The zero-order valence-electron chi connectivity index (χ0n) is 22.3. The zero-order valence-corrected chi connectivity index (χ0v) is 22.3. The van der Waals surface area contributed by atoms with Crippen molar-refractivity contribution in [1.29, 1.82) is 0 Å². The largest absolute Gasteiger partial charge is 0.456 e. The van der Waals surface area contributed by atoms with Crippen LogP contribution in [0.5, 0.6) is 0 Å². The minimum absolute atomic E-state index is 0.916. The summed E-state index contributed by atoms with van der Waals surface area (Å²) in [4.78, 5) is 0. The van der Waals surface area contributed by atoms with Crippen molar-refractivity contribution in [2.75, 3.05) is 0 Å². The van der Waals surface area contributed by atoms with Gasteiger partial charge in [-0.25, -0.2) is 0 Å². The normalized spacial score (nSPS) is 11.9. The second-order valence-electron chi connectivity index (χ2n) is 10.8. The van der Waals surface area contributed by atoms with Crippen molar-refractivity contribution in [1.82, 2.24) is 0 Å². The van der Waals surface area contributed by atoms with Gasteiger partial charge in [-0.05, 0) is 83.5 Å². The molecule has 9 rings (SSSR count). The van der Waals surface area contributed by atoms with Crippen LogP contribution in [0.3, 0.4) is 0 Å². The van der Waals surface area contributed by atoms with Gasteiger partial charge in [-0.1, -0.05) is 127 Å². The van der Waals surface area contributed by atoms with Crippen LogP contribution in [0.25, 0.3) is 87.3 Å². The number of furan rings is 1. The van der Waals surface area contributed by atoms with Crippen LogP contribution in [-0.2, 0) is 0 Å². The van der Waals surface area contributed by atoms with Crippen molar-refractivity contribution < 1.29 is 4.42 Å². The third kappa shape index (κ3) is 3.24. The Morgan fingerprint density at radius 3 is 1.49 bits per heavy atom. The summed E-state index contributed by atoms with van der Waals surface area (Å²) in [5.74, 6) is 0. The van der Waals surface area contributed by atoms with E-state index in [9.17, 15) is 0 Å². The first-order valence-electron chi connectivity index (χ1n) is 14.1. The van der Waals surface area contributed by atoms with E-state index in [4.69, 9.17) is 4.42 Å².